The zero-order chi connectivity index (χ0) is 18.8. The Labute approximate surface area is 166 Å². The molecule has 2 rings (SSSR count). The van der Waals surface area contributed by atoms with Gasteiger partial charge in [0, 0.05) is 50.6 Å². The molecule has 7 heteroatoms. The summed E-state index contributed by atoms with van der Waals surface area (Å²) in [5.74, 6) is 2.29. The van der Waals surface area contributed by atoms with E-state index in [0.717, 1.165) is 61.3 Å². The Kier molecular flexibility index (Phi) is 9.54. The summed E-state index contributed by atoms with van der Waals surface area (Å²) in [6, 6.07) is 6.40. The van der Waals surface area contributed by atoms with Crippen LogP contribution in [0.25, 0.3) is 11.0 Å². The number of alkyl halides is 2. The standard InChI is InChI=1S/C19H30Cl2N4O/c1-24-18-9-8-16(25(13-10-20)14-11-21)15-17(18)23-19(24)7-5-3-2-4-6-12-22-26/h8-9,15,22,26H,2-7,10-14H2,1H3. The molecule has 2 aromatic rings. The second-order valence-electron chi connectivity index (χ2n) is 6.55. The number of benzene rings is 1. The van der Waals surface area contributed by atoms with Crippen LogP contribution in [0.1, 0.15) is 37.9 Å². The number of nitrogens with one attached hydrogen (secondary N) is 1. The lowest BCUT2D eigenvalue weighted by molar-refractivity contribution is 0.164. The summed E-state index contributed by atoms with van der Waals surface area (Å²) < 4.78 is 2.20. The summed E-state index contributed by atoms with van der Waals surface area (Å²) in [6.07, 6.45) is 6.69. The summed E-state index contributed by atoms with van der Waals surface area (Å²) >= 11 is 11.8. The molecule has 0 unspecified atom stereocenters. The third kappa shape index (κ3) is 6.02. The first kappa shape index (κ1) is 21.3. The molecule has 146 valence electrons. The molecule has 0 saturated heterocycles. The fourth-order valence-corrected chi connectivity index (χ4v) is 3.66. The molecule has 0 spiro atoms. The van der Waals surface area contributed by atoms with Crippen LogP contribution < -0.4 is 10.4 Å². The fourth-order valence-electron chi connectivity index (χ4n) is 3.25. The van der Waals surface area contributed by atoms with Gasteiger partial charge in [-0.3, -0.25) is 0 Å². The second-order valence-corrected chi connectivity index (χ2v) is 7.31. The van der Waals surface area contributed by atoms with E-state index in [4.69, 9.17) is 33.4 Å². The molecule has 0 aliphatic rings. The molecule has 26 heavy (non-hydrogen) atoms. The van der Waals surface area contributed by atoms with Gasteiger partial charge in [0.2, 0.25) is 0 Å². The number of imidazole rings is 1. The van der Waals surface area contributed by atoms with Crippen molar-refractivity contribution in [2.24, 2.45) is 7.05 Å². The average molecular weight is 401 g/mol. The number of aryl methyl sites for hydroxylation is 2. The highest BCUT2D eigenvalue weighted by molar-refractivity contribution is 6.18. The third-order valence-corrected chi connectivity index (χ3v) is 5.06. The minimum atomic E-state index is 0.580. The van der Waals surface area contributed by atoms with Crippen molar-refractivity contribution in [3.63, 3.8) is 0 Å². The maximum absolute atomic E-state index is 8.55. The number of hydrogen-bond acceptors (Lipinski definition) is 4. The maximum atomic E-state index is 8.55. The van der Waals surface area contributed by atoms with E-state index >= 15 is 0 Å². The van der Waals surface area contributed by atoms with E-state index in [2.05, 4.69) is 40.2 Å². The molecule has 0 saturated carbocycles. The molecule has 0 aliphatic heterocycles. The first-order valence-corrected chi connectivity index (χ1v) is 10.5. The highest BCUT2D eigenvalue weighted by atomic mass is 35.5. The van der Waals surface area contributed by atoms with Crippen LogP contribution in [-0.4, -0.2) is 46.2 Å². The van der Waals surface area contributed by atoms with Crippen LogP contribution in [0, 0.1) is 0 Å². The van der Waals surface area contributed by atoms with Crippen molar-refractivity contribution in [1.29, 1.82) is 0 Å². The van der Waals surface area contributed by atoms with Crippen LogP contribution in [0.4, 0.5) is 5.69 Å². The van der Waals surface area contributed by atoms with Gasteiger partial charge in [-0.15, -0.1) is 23.2 Å². The highest BCUT2D eigenvalue weighted by Crippen LogP contribution is 2.23. The number of unbranched alkanes of at least 4 members (excludes halogenated alkanes) is 4. The molecule has 1 aromatic carbocycles. The normalized spacial score (nSPS) is 11.4. The van der Waals surface area contributed by atoms with E-state index in [0.29, 0.717) is 18.3 Å². The molecule has 0 radical (unpaired) electrons. The average Bonchev–Trinajstić information content (AvgIpc) is 2.96. The lowest BCUT2D eigenvalue weighted by Crippen LogP contribution is -2.27. The Balaban J connectivity index is 1.98. The first-order valence-electron chi connectivity index (χ1n) is 9.40. The van der Waals surface area contributed by atoms with Crippen LogP contribution >= 0.6 is 23.2 Å². The summed E-state index contributed by atoms with van der Waals surface area (Å²) in [7, 11) is 2.09. The molecule has 0 atom stereocenters. The van der Waals surface area contributed by atoms with Crippen LogP contribution in [0.5, 0.6) is 0 Å². The third-order valence-electron chi connectivity index (χ3n) is 4.72. The Morgan fingerprint density at radius 1 is 1.08 bits per heavy atom. The van der Waals surface area contributed by atoms with Crippen LogP contribution in [-0.2, 0) is 13.5 Å². The van der Waals surface area contributed by atoms with Gasteiger partial charge in [-0.05, 0) is 31.0 Å². The fraction of sp³-hybridized carbons (Fsp3) is 0.632. The summed E-state index contributed by atoms with van der Waals surface area (Å²) in [6.45, 7) is 2.24. The summed E-state index contributed by atoms with van der Waals surface area (Å²) in [5.41, 5.74) is 5.52. The van der Waals surface area contributed by atoms with Gasteiger partial charge in [0.15, 0.2) is 0 Å². The summed E-state index contributed by atoms with van der Waals surface area (Å²) in [4.78, 5) is 7.05. The number of halogens is 2. The molecule has 0 aliphatic carbocycles. The summed E-state index contributed by atoms with van der Waals surface area (Å²) in [5, 5.41) is 8.55. The number of fused-ring (bicyclic) bond motifs is 1. The van der Waals surface area contributed by atoms with Gasteiger partial charge in [0.05, 0.1) is 11.0 Å². The van der Waals surface area contributed by atoms with Gasteiger partial charge in [0.1, 0.15) is 5.82 Å². The molecular formula is C19H30Cl2N4O. The van der Waals surface area contributed by atoms with Crippen molar-refractivity contribution in [2.75, 3.05) is 36.3 Å². The van der Waals surface area contributed by atoms with Gasteiger partial charge < -0.3 is 14.7 Å². The molecular weight excluding hydrogens is 371 g/mol. The SMILES string of the molecule is Cn1c(CCCCCCCNO)nc2cc(N(CCCl)CCCl)ccc21. The number of nitrogens with zero attached hydrogens (tertiary/aromatic N) is 3. The van der Waals surface area contributed by atoms with Gasteiger partial charge in [-0.2, -0.15) is 0 Å². The smallest absolute Gasteiger partial charge is 0.109 e. The van der Waals surface area contributed by atoms with E-state index in [-0.39, 0.29) is 0 Å². The lowest BCUT2D eigenvalue weighted by atomic mass is 10.1. The monoisotopic (exact) mass is 400 g/mol. The molecule has 0 bridgehead atoms. The van der Waals surface area contributed by atoms with Gasteiger partial charge in [-0.25, -0.2) is 10.5 Å². The Hall–Kier alpha value is -1.01. The topological polar surface area (TPSA) is 53.3 Å². The minimum absolute atomic E-state index is 0.580. The lowest BCUT2D eigenvalue weighted by Gasteiger charge is -2.22. The molecule has 5 nitrogen and oxygen atoms in total. The highest BCUT2D eigenvalue weighted by Gasteiger charge is 2.11. The van der Waals surface area contributed by atoms with Crippen molar-refractivity contribution in [3.8, 4) is 0 Å². The van der Waals surface area contributed by atoms with Crippen LogP contribution in [0.2, 0.25) is 0 Å². The van der Waals surface area contributed by atoms with E-state index < -0.39 is 0 Å². The molecule has 2 N–H and O–H groups in total. The van der Waals surface area contributed by atoms with Crippen molar-refractivity contribution in [3.05, 3.63) is 24.0 Å². The van der Waals surface area contributed by atoms with Gasteiger partial charge >= 0.3 is 0 Å². The van der Waals surface area contributed by atoms with Gasteiger partial charge in [0.25, 0.3) is 0 Å². The number of anilines is 1. The number of aromatic nitrogens is 2. The van der Waals surface area contributed by atoms with E-state index in [9.17, 15) is 0 Å². The van der Waals surface area contributed by atoms with Crippen molar-refractivity contribution < 1.29 is 5.21 Å². The number of hydrogen-bond donors (Lipinski definition) is 2. The predicted octanol–water partition coefficient (Wildman–Crippen LogP) is 4.33. The van der Waals surface area contributed by atoms with Crippen molar-refractivity contribution in [1.82, 2.24) is 15.0 Å². The van der Waals surface area contributed by atoms with Gasteiger partial charge in [-0.1, -0.05) is 19.3 Å². The molecule has 0 fully saturated rings. The van der Waals surface area contributed by atoms with E-state index in [1.54, 1.807) is 0 Å². The van der Waals surface area contributed by atoms with Crippen LogP contribution in [0.3, 0.4) is 0 Å². The van der Waals surface area contributed by atoms with Crippen molar-refractivity contribution >= 4 is 39.9 Å². The maximum Gasteiger partial charge on any atom is 0.109 e. The Morgan fingerprint density at radius 2 is 1.77 bits per heavy atom. The Morgan fingerprint density at radius 3 is 2.46 bits per heavy atom. The van der Waals surface area contributed by atoms with E-state index in [1.807, 2.05) is 0 Å². The largest absolute Gasteiger partial charge is 0.369 e. The zero-order valence-electron chi connectivity index (χ0n) is 15.6. The van der Waals surface area contributed by atoms with Crippen molar-refractivity contribution in [2.45, 2.75) is 38.5 Å². The number of rotatable bonds is 13. The van der Waals surface area contributed by atoms with Crippen LogP contribution in [0.15, 0.2) is 18.2 Å². The number of hydroxylamine groups is 1. The van der Waals surface area contributed by atoms with E-state index in [1.165, 1.54) is 12.8 Å². The molecule has 0 amide bonds. The second kappa shape index (κ2) is 11.7. The minimum Gasteiger partial charge on any atom is -0.369 e. The molecule has 1 heterocycles. The quantitative estimate of drug-likeness (QED) is 0.298. The Bertz CT molecular complexity index is 656. The zero-order valence-corrected chi connectivity index (χ0v) is 17.1. The molecule has 1 aromatic heterocycles. The predicted molar refractivity (Wildman–Crippen MR) is 111 cm³/mol. The first-order chi connectivity index (χ1) is 12.7.